The average Bonchev–Trinajstić information content (AvgIpc) is 3.12. The summed E-state index contributed by atoms with van der Waals surface area (Å²) < 4.78 is 0. The maximum atomic E-state index is 12.4. The Hall–Kier alpha value is -1.36. The smallest absolute Gasteiger partial charge is 0.323 e. The van der Waals surface area contributed by atoms with E-state index in [1.165, 1.54) is 21.8 Å². The molecule has 0 saturated heterocycles. The number of amides is 1. The number of aliphatic carboxylic acids is 1. The van der Waals surface area contributed by atoms with Gasteiger partial charge < -0.3 is 10.0 Å². The molecule has 1 aliphatic carbocycles. The lowest BCUT2D eigenvalue weighted by atomic mass is 10.1. The molecule has 104 valence electrons. The number of thiophene rings is 1. The number of carboxylic acid groups (broad SMARTS) is 1. The predicted octanol–water partition coefficient (Wildman–Crippen LogP) is 2.70. The number of hydrogen-bond acceptors (Lipinski definition) is 3. The van der Waals surface area contributed by atoms with Crippen LogP contribution >= 0.6 is 11.3 Å². The predicted molar refractivity (Wildman–Crippen MR) is 74.7 cm³/mol. The Labute approximate surface area is 117 Å². The van der Waals surface area contributed by atoms with Crippen molar-refractivity contribution in [2.45, 2.75) is 45.6 Å². The zero-order chi connectivity index (χ0) is 14.0. The molecule has 0 radical (unpaired) electrons. The number of aryl methyl sites for hydroxylation is 2. The number of nitrogens with zero attached hydrogens (tertiary/aromatic N) is 1. The SMILES string of the molecule is CCCc1cc(C(=O)N(CC(=O)O)C2CC2)sc1C. The first-order valence-corrected chi connectivity index (χ1v) is 7.46. The van der Waals surface area contributed by atoms with E-state index >= 15 is 0 Å². The van der Waals surface area contributed by atoms with Gasteiger partial charge in [0, 0.05) is 10.9 Å². The third-order valence-electron chi connectivity index (χ3n) is 3.30. The third-order valence-corrected chi connectivity index (χ3v) is 4.39. The zero-order valence-electron chi connectivity index (χ0n) is 11.3. The molecule has 1 N–H and O–H groups in total. The van der Waals surface area contributed by atoms with Crippen LogP contribution in [0.4, 0.5) is 0 Å². The quantitative estimate of drug-likeness (QED) is 0.872. The fourth-order valence-corrected chi connectivity index (χ4v) is 3.21. The number of carbonyl (C=O) groups is 2. The second kappa shape index (κ2) is 5.74. The van der Waals surface area contributed by atoms with E-state index in [9.17, 15) is 9.59 Å². The van der Waals surface area contributed by atoms with Gasteiger partial charge in [-0.3, -0.25) is 9.59 Å². The number of hydrogen-bond donors (Lipinski definition) is 1. The molecule has 0 aliphatic heterocycles. The molecule has 1 aromatic heterocycles. The van der Waals surface area contributed by atoms with Crippen molar-refractivity contribution in [3.63, 3.8) is 0 Å². The van der Waals surface area contributed by atoms with Crippen LogP contribution in [0.3, 0.4) is 0 Å². The minimum Gasteiger partial charge on any atom is -0.480 e. The van der Waals surface area contributed by atoms with Crippen molar-refractivity contribution in [2.24, 2.45) is 0 Å². The van der Waals surface area contributed by atoms with Gasteiger partial charge >= 0.3 is 5.97 Å². The summed E-state index contributed by atoms with van der Waals surface area (Å²) in [4.78, 5) is 26.6. The lowest BCUT2D eigenvalue weighted by molar-refractivity contribution is -0.137. The molecule has 19 heavy (non-hydrogen) atoms. The molecule has 4 nitrogen and oxygen atoms in total. The highest BCUT2D eigenvalue weighted by Gasteiger charge is 2.35. The normalized spacial score (nSPS) is 14.4. The summed E-state index contributed by atoms with van der Waals surface area (Å²) in [6, 6.07) is 2.06. The van der Waals surface area contributed by atoms with E-state index < -0.39 is 5.97 Å². The molecule has 0 atom stereocenters. The van der Waals surface area contributed by atoms with Crippen molar-refractivity contribution >= 4 is 23.2 Å². The molecule has 1 aliphatic rings. The highest BCUT2D eigenvalue weighted by atomic mass is 32.1. The van der Waals surface area contributed by atoms with Gasteiger partial charge in [-0.1, -0.05) is 13.3 Å². The fraction of sp³-hybridized carbons (Fsp3) is 0.571. The molecule has 1 amide bonds. The van der Waals surface area contributed by atoms with Gasteiger partial charge in [0.2, 0.25) is 0 Å². The van der Waals surface area contributed by atoms with E-state index in [2.05, 4.69) is 6.92 Å². The van der Waals surface area contributed by atoms with E-state index in [1.807, 2.05) is 13.0 Å². The first-order valence-electron chi connectivity index (χ1n) is 6.65. The maximum Gasteiger partial charge on any atom is 0.323 e. The van der Waals surface area contributed by atoms with Crippen LogP contribution in [0.5, 0.6) is 0 Å². The van der Waals surface area contributed by atoms with Gasteiger partial charge in [0.25, 0.3) is 5.91 Å². The second-order valence-electron chi connectivity index (χ2n) is 5.00. The van der Waals surface area contributed by atoms with Crippen molar-refractivity contribution in [1.29, 1.82) is 0 Å². The molecule has 5 heteroatoms. The topological polar surface area (TPSA) is 57.6 Å². The first-order chi connectivity index (χ1) is 9.02. The molecule has 1 heterocycles. The molecular formula is C14H19NO3S. The monoisotopic (exact) mass is 281 g/mol. The largest absolute Gasteiger partial charge is 0.480 e. The molecule has 1 saturated carbocycles. The molecule has 0 spiro atoms. The Morgan fingerprint density at radius 1 is 1.47 bits per heavy atom. The van der Waals surface area contributed by atoms with Gasteiger partial charge in [0.05, 0.1) is 4.88 Å². The van der Waals surface area contributed by atoms with Crippen molar-refractivity contribution in [2.75, 3.05) is 6.54 Å². The van der Waals surface area contributed by atoms with E-state index in [1.54, 1.807) is 0 Å². The number of carboxylic acids is 1. The minimum atomic E-state index is -0.942. The van der Waals surface area contributed by atoms with Gasteiger partial charge in [-0.05, 0) is 37.8 Å². The van der Waals surface area contributed by atoms with Crippen LogP contribution in [0.25, 0.3) is 0 Å². The summed E-state index contributed by atoms with van der Waals surface area (Å²) >= 11 is 1.48. The Kier molecular flexibility index (Phi) is 4.24. The average molecular weight is 281 g/mol. The van der Waals surface area contributed by atoms with E-state index in [0.29, 0.717) is 4.88 Å². The van der Waals surface area contributed by atoms with Gasteiger partial charge in [-0.2, -0.15) is 0 Å². The van der Waals surface area contributed by atoms with Crippen LogP contribution in [0.2, 0.25) is 0 Å². The molecule has 0 aromatic carbocycles. The highest BCUT2D eigenvalue weighted by Crippen LogP contribution is 2.30. The van der Waals surface area contributed by atoms with Gasteiger partial charge in [0.15, 0.2) is 0 Å². The lowest BCUT2D eigenvalue weighted by Gasteiger charge is -2.19. The molecule has 2 rings (SSSR count). The van der Waals surface area contributed by atoms with Crippen LogP contribution in [0.15, 0.2) is 6.07 Å². The van der Waals surface area contributed by atoms with Crippen LogP contribution < -0.4 is 0 Å². The molecule has 0 unspecified atom stereocenters. The van der Waals surface area contributed by atoms with Gasteiger partial charge in [-0.15, -0.1) is 11.3 Å². The van der Waals surface area contributed by atoms with Crippen LogP contribution in [0, 0.1) is 6.92 Å². The Bertz CT molecular complexity index is 491. The van der Waals surface area contributed by atoms with E-state index in [-0.39, 0.29) is 18.5 Å². The molecule has 1 fully saturated rings. The number of rotatable bonds is 6. The van der Waals surface area contributed by atoms with Crippen molar-refractivity contribution in [3.05, 3.63) is 21.4 Å². The molecule has 0 bridgehead atoms. The summed E-state index contributed by atoms with van der Waals surface area (Å²) in [6.07, 6.45) is 3.86. The summed E-state index contributed by atoms with van der Waals surface area (Å²) in [5.74, 6) is -1.07. The van der Waals surface area contributed by atoms with Crippen molar-refractivity contribution in [1.82, 2.24) is 4.90 Å². The van der Waals surface area contributed by atoms with Gasteiger partial charge in [-0.25, -0.2) is 0 Å². The highest BCUT2D eigenvalue weighted by molar-refractivity contribution is 7.14. The summed E-state index contributed by atoms with van der Waals surface area (Å²) in [5, 5.41) is 8.91. The summed E-state index contributed by atoms with van der Waals surface area (Å²) in [5.41, 5.74) is 1.21. The fourth-order valence-electron chi connectivity index (χ4n) is 2.18. The van der Waals surface area contributed by atoms with Crippen molar-refractivity contribution in [3.8, 4) is 0 Å². The zero-order valence-corrected chi connectivity index (χ0v) is 12.1. The standard InChI is InChI=1S/C14H19NO3S/c1-3-4-10-7-12(19-9(10)2)14(18)15(8-13(16)17)11-5-6-11/h7,11H,3-6,8H2,1-2H3,(H,16,17). The van der Waals surface area contributed by atoms with Crippen LogP contribution in [0.1, 0.15) is 46.3 Å². The van der Waals surface area contributed by atoms with E-state index in [4.69, 9.17) is 5.11 Å². The Morgan fingerprint density at radius 3 is 2.68 bits per heavy atom. The van der Waals surface area contributed by atoms with Crippen LogP contribution in [-0.4, -0.2) is 34.5 Å². The summed E-state index contributed by atoms with van der Waals surface area (Å²) in [7, 11) is 0. The van der Waals surface area contributed by atoms with Gasteiger partial charge in [0.1, 0.15) is 6.54 Å². The minimum absolute atomic E-state index is 0.125. The second-order valence-corrected chi connectivity index (χ2v) is 6.26. The van der Waals surface area contributed by atoms with E-state index in [0.717, 1.165) is 30.6 Å². The lowest BCUT2D eigenvalue weighted by Crippen LogP contribution is -2.37. The summed E-state index contributed by atoms with van der Waals surface area (Å²) in [6.45, 7) is 3.94. The molecular weight excluding hydrogens is 262 g/mol. The van der Waals surface area contributed by atoms with Crippen molar-refractivity contribution < 1.29 is 14.7 Å². The first kappa shape index (κ1) is 14.1. The molecule has 1 aromatic rings. The Morgan fingerprint density at radius 2 is 2.16 bits per heavy atom. The maximum absolute atomic E-state index is 12.4. The Balaban J connectivity index is 2.16. The van der Waals surface area contributed by atoms with Crippen LogP contribution in [-0.2, 0) is 11.2 Å². The third kappa shape index (κ3) is 3.35. The number of carbonyl (C=O) groups excluding carboxylic acids is 1.